The molecule has 1 saturated heterocycles. The van der Waals surface area contributed by atoms with Crippen LogP contribution in [0.1, 0.15) is 24.2 Å². The van der Waals surface area contributed by atoms with E-state index in [9.17, 15) is 9.90 Å². The fourth-order valence-corrected chi connectivity index (χ4v) is 2.04. The van der Waals surface area contributed by atoms with Gasteiger partial charge >= 0.3 is 0 Å². The summed E-state index contributed by atoms with van der Waals surface area (Å²) in [5, 5.41) is 10.1. The van der Waals surface area contributed by atoms with E-state index in [1.165, 1.54) is 0 Å². The van der Waals surface area contributed by atoms with Gasteiger partial charge in [-0.2, -0.15) is 0 Å². The highest BCUT2D eigenvalue weighted by Gasteiger charge is 2.45. The molecule has 17 heavy (non-hydrogen) atoms. The molecular formula is C12H15BrN2O2. The Balaban J connectivity index is 2.02. The maximum Gasteiger partial charge on any atom is 0.255 e. The first-order valence-corrected chi connectivity index (χ1v) is 6.35. The Morgan fingerprint density at radius 2 is 2.18 bits per heavy atom. The molecule has 92 valence electrons. The number of carbonyl (C=O) groups excluding carboxylic acids is 1. The summed E-state index contributed by atoms with van der Waals surface area (Å²) in [5.74, 6) is 0.0879. The fraction of sp³-hybridized carbons (Fsp3) is 0.500. The van der Waals surface area contributed by atoms with Crippen LogP contribution in [-0.4, -0.2) is 39.6 Å². The quantitative estimate of drug-likeness (QED) is 0.846. The molecule has 0 saturated carbocycles. The number of halogens is 1. The molecule has 0 spiro atoms. The number of aromatic nitrogens is 1. The Labute approximate surface area is 109 Å². The Bertz CT molecular complexity index is 425. The smallest absolute Gasteiger partial charge is 0.255 e. The molecule has 4 nitrogen and oxygen atoms in total. The zero-order valence-corrected chi connectivity index (χ0v) is 11.4. The lowest BCUT2D eigenvalue weighted by Gasteiger charge is -2.49. The number of pyridine rings is 1. The van der Waals surface area contributed by atoms with Gasteiger partial charge in [-0.15, -0.1) is 0 Å². The van der Waals surface area contributed by atoms with Crippen LogP contribution in [0.3, 0.4) is 0 Å². The van der Waals surface area contributed by atoms with Gasteiger partial charge in [-0.05, 0) is 34.0 Å². The first-order chi connectivity index (χ1) is 7.92. The summed E-state index contributed by atoms with van der Waals surface area (Å²) in [6.07, 6.45) is 1.54. The third kappa shape index (κ3) is 2.35. The number of aliphatic hydroxyl groups is 1. The molecule has 0 unspecified atom stereocenters. The summed E-state index contributed by atoms with van der Waals surface area (Å²) in [5.41, 5.74) is -0.169. The molecule has 1 fully saturated rings. The van der Waals surface area contributed by atoms with Gasteiger partial charge in [0.1, 0.15) is 10.2 Å². The number of rotatable bonds is 2. The lowest BCUT2D eigenvalue weighted by Crippen LogP contribution is -2.65. The highest BCUT2D eigenvalue weighted by Crippen LogP contribution is 2.29. The average Bonchev–Trinajstić information content (AvgIpc) is 2.24. The van der Waals surface area contributed by atoms with E-state index in [0.717, 1.165) is 0 Å². The van der Waals surface area contributed by atoms with E-state index in [1.807, 2.05) is 13.8 Å². The van der Waals surface area contributed by atoms with Crippen molar-refractivity contribution in [2.75, 3.05) is 13.1 Å². The van der Waals surface area contributed by atoms with Crippen LogP contribution in [0.15, 0.2) is 22.9 Å². The maximum atomic E-state index is 12.0. The standard InChI is InChI=1S/C12H15BrN2O2/c1-8(2)12(17)6-15(7-12)11(16)9-3-4-10(13)14-5-9/h3-5,8,17H,6-7H2,1-2H3. The minimum Gasteiger partial charge on any atom is -0.386 e. The van der Waals surface area contributed by atoms with Gasteiger partial charge in [-0.1, -0.05) is 13.8 Å². The van der Waals surface area contributed by atoms with E-state index < -0.39 is 5.60 Å². The molecule has 1 aromatic heterocycles. The molecule has 1 aromatic rings. The summed E-state index contributed by atoms with van der Waals surface area (Å²) in [7, 11) is 0. The van der Waals surface area contributed by atoms with Crippen molar-refractivity contribution in [2.45, 2.75) is 19.4 Å². The number of β-amino-alcohol motifs (C(OH)–C–C–N with tert-alkyl or cyclic N) is 1. The van der Waals surface area contributed by atoms with Crippen molar-refractivity contribution in [3.8, 4) is 0 Å². The molecule has 0 bridgehead atoms. The van der Waals surface area contributed by atoms with E-state index in [0.29, 0.717) is 23.3 Å². The van der Waals surface area contributed by atoms with Crippen molar-refractivity contribution in [2.24, 2.45) is 5.92 Å². The number of amides is 1. The topological polar surface area (TPSA) is 53.4 Å². The number of likely N-dealkylation sites (tertiary alicyclic amines) is 1. The molecular weight excluding hydrogens is 284 g/mol. The summed E-state index contributed by atoms with van der Waals surface area (Å²) >= 11 is 3.22. The minimum atomic E-state index is -0.724. The van der Waals surface area contributed by atoms with Crippen LogP contribution < -0.4 is 0 Å². The third-order valence-corrected chi connectivity index (χ3v) is 3.73. The zero-order chi connectivity index (χ0) is 12.6. The molecule has 2 heterocycles. The van der Waals surface area contributed by atoms with Crippen LogP contribution in [0.2, 0.25) is 0 Å². The van der Waals surface area contributed by atoms with Crippen molar-refractivity contribution >= 4 is 21.8 Å². The Hall–Kier alpha value is -0.940. The van der Waals surface area contributed by atoms with Crippen LogP contribution in [0, 0.1) is 5.92 Å². The first kappa shape index (κ1) is 12.5. The maximum absolute atomic E-state index is 12.0. The second kappa shape index (κ2) is 4.38. The van der Waals surface area contributed by atoms with E-state index in [2.05, 4.69) is 20.9 Å². The van der Waals surface area contributed by atoms with E-state index in [-0.39, 0.29) is 11.8 Å². The molecule has 2 rings (SSSR count). The van der Waals surface area contributed by atoms with Crippen molar-refractivity contribution in [1.82, 2.24) is 9.88 Å². The van der Waals surface area contributed by atoms with Crippen LogP contribution in [0.25, 0.3) is 0 Å². The van der Waals surface area contributed by atoms with Gasteiger partial charge in [0.15, 0.2) is 0 Å². The summed E-state index contributed by atoms with van der Waals surface area (Å²) in [6, 6.07) is 3.47. The lowest BCUT2D eigenvalue weighted by molar-refractivity contribution is -0.110. The largest absolute Gasteiger partial charge is 0.386 e. The Morgan fingerprint density at radius 3 is 2.65 bits per heavy atom. The molecule has 1 aliphatic rings. The predicted molar refractivity (Wildman–Crippen MR) is 67.6 cm³/mol. The van der Waals surface area contributed by atoms with E-state index >= 15 is 0 Å². The zero-order valence-electron chi connectivity index (χ0n) is 9.85. The normalized spacial score (nSPS) is 18.1. The van der Waals surface area contributed by atoms with Crippen molar-refractivity contribution in [1.29, 1.82) is 0 Å². The summed E-state index contributed by atoms with van der Waals surface area (Å²) in [6.45, 7) is 4.73. The highest BCUT2D eigenvalue weighted by molar-refractivity contribution is 9.10. The molecule has 1 amide bonds. The number of hydrogen-bond acceptors (Lipinski definition) is 3. The lowest BCUT2D eigenvalue weighted by atomic mass is 9.83. The molecule has 1 N–H and O–H groups in total. The third-order valence-electron chi connectivity index (χ3n) is 3.27. The van der Waals surface area contributed by atoms with Crippen molar-refractivity contribution in [3.05, 3.63) is 28.5 Å². The van der Waals surface area contributed by atoms with Crippen LogP contribution in [0.4, 0.5) is 0 Å². The van der Waals surface area contributed by atoms with Gasteiger partial charge in [0.2, 0.25) is 0 Å². The molecule has 1 aliphatic heterocycles. The summed E-state index contributed by atoms with van der Waals surface area (Å²) < 4.78 is 0.705. The van der Waals surface area contributed by atoms with E-state index in [1.54, 1.807) is 23.2 Å². The Morgan fingerprint density at radius 1 is 1.53 bits per heavy atom. The monoisotopic (exact) mass is 298 g/mol. The van der Waals surface area contributed by atoms with Crippen molar-refractivity contribution in [3.63, 3.8) is 0 Å². The minimum absolute atomic E-state index is 0.0738. The number of carbonyl (C=O) groups is 1. The fourth-order valence-electron chi connectivity index (χ4n) is 1.81. The van der Waals surface area contributed by atoms with Crippen LogP contribution in [-0.2, 0) is 0 Å². The second-order valence-electron chi connectivity index (χ2n) is 4.79. The van der Waals surface area contributed by atoms with Gasteiger partial charge in [0.25, 0.3) is 5.91 Å². The summed E-state index contributed by atoms with van der Waals surface area (Å²) in [4.78, 5) is 17.7. The Kier molecular flexibility index (Phi) is 3.23. The van der Waals surface area contributed by atoms with Gasteiger partial charge in [-0.25, -0.2) is 4.98 Å². The van der Waals surface area contributed by atoms with Crippen LogP contribution >= 0.6 is 15.9 Å². The number of hydrogen-bond donors (Lipinski definition) is 1. The SMILES string of the molecule is CC(C)C1(O)CN(C(=O)c2ccc(Br)nc2)C1. The molecule has 5 heteroatoms. The predicted octanol–water partition coefficient (Wildman–Crippen LogP) is 1.69. The average molecular weight is 299 g/mol. The van der Waals surface area contributed by atoms with Gasteiger partial charge in [0, 0.05) is 6.20 Å². The van der Waals surface area contributed by atoms with E-state index in [4.69, 9.17) is 0 Å². The first-order valence-electron chi connectivity index (χ1n) is 5.55. The second-order valence-corrected chi connectivity index (χ2v) is 5.60. The molecule has 0 aliphatic carbocycles. The van der Waals surface area contributed by atoms with Crippen LogP contribution in [0.5, 0.6) is 0 Å². The van der Waals surface area contributed by atoms with Gasteiger partial charge in [0.05, 0.1) is 18.7 Å². The van der Waals surface area contributed by atoms with Crippen molar-refractivity contribution < 1.29 is 9.90 Å². The van der Waals surface area contributed by atoms with Gasteiger partial charge < -0.3 is 10.0 Å². The van der Waals surface area contributed by atoms with Gasteiger partial charge in [-0.3, -0.25) is 4.79 Å². The molecule has 0 radical (unpaired) electrons. The highest BCUT2D eigenvalue weighted by atomic mass is 79.9. The number of nitrogens with zero attached hydrogens (tertiary/aromatic N) is 2. The molecule has 0 aromatic carbocycles. The molecule has 0 atom stereocenters.